The summed E-state index contributed by atoms with van der Waals surface area (Å²) < 4.78 is 5.49. The Morgan fingerprint density at radius 2 is 1.90 bits per heavy atom. The topological polar surface area (TPSA) is 134 Å². The van der Waals surface area contributed by atoms with E-state index >= 15 is 0 Å². The fourth-order valence-electron chi connectivity index (χ4n) is 4.70. The van der Waals surface area contributed by atoms with Crippen molar-refractivity contribution in [1.82, 2.24) is 24.8 Å². The lowest BCUT2D eigenvalue weighted by Crippen LogP contribution is -2.48. The monoisotopic (exact) mass is 426 g/mol. The van der Waals surface area contributed by atoms with E-state index in [1.54, 1.807) is 12.4 Å². The van der Waals surface area contributed by atoms with Gasteiger partial charge in [0.05, 0.1) is 24.4 Å². The van der Waals surface area contributed by atoms with Crippen molar-refractivity contribution in [3.05, 3.63) is 18.0 Å². The van der Waals surface area contributed by atoms with E-state index in [1.165, 1.54) is 4.90 Å². The molecule has 31 heavy (non-hydrogen) atoms. The van der Waals surface area contributed by atoms with Crippen molar-refractivity contribution in [3.8, 4) is 11.3 Å². The molecule has 2 saturated heterocycles. The number of hydrogen-bond acceptors (Lipinski definition) is 9. The Labute approximate surface area is 179 Å². The Morgan fingerprint density at radius 3 is 2.58 bits per heavy atom. The van der Waals surface area contributed by atoms with Gasteiger partial charge in [0.1, 0.15) is 5.82 Å². The van der Waals surface area contributed by atoms with Crippen LogP contribution in [-0.4, -0.2) is 87.5 Å². The third-order valence-corrected chi connectivity index (χ3v) is 6.43. The molecule has 1 atom stereocenters. The van der Waals surface area contributed by atoms with E-state index in [9.17, 15) is 9.90 Å². The highest BCUT2D eigenvalue weighted by Gasteiger charge is 2.44. The van der Waals surface area contributed by atoms with Crippen LogP contribution in [0.1, 0.15) is 18.9 Å². The van der Waals surface area contributed by atoms with Crippen LogP contribution >= 0.6 is 0 Å². The van der Waals surface area contributed by atoms with E-state index in [1.807, 2.05) is 0 Å². The van der Waals surface area contributed by atoms with Crippen molar-refractivity contribution in [3.63, 3.8) is 0 Å². The number of carbonyl (C=O) groups is 1. The minimum Gasteiger partial charge on any atom is -0.465 e. The second kappa shape index (κ2) is 7.49. The van der Waals surface area contributed by atoms with Crippen LogP contribution in [0.5, 0.6) is 0 Å². The number of anilines is 3. The first-order valence-electron chi connectivity index (χ1n) is 10.5. The number of nitrogen functional groups attached to an aromatic ring is 1. The van der Waals surface area contributed by atoms with Crippen LogP contribution in [0.25, 0.3) is 11.3 Å². The number of hydrogen-bond donors (Lipinski definition) is 2. The Hall–Kier alpha value is -3.21. The highest BCUT2D eigenvalue weighted by molar-refractivity contribution is 5.73. The minimum atomic E-state index is -0.875. The molecule has 0 radical (unpaired) electrons. The maximum absolute atomic E-state index is 11.5. The number of morpholine rings is 1. The van der Waals surface area contributed by atoms with Crippen LogP contribution in [0.2, 0.25) is 0 Å². The van der Waals surface area contributed by atoms with Crippen LogP contribution in [-0.2, 0) is 11.2 Å². The second-order valence-corrected chi connectivity index (χ2v) is 8.46. The number of carboxylic acid groups (broad SMARTS) is 1. The SMILES string of the molecule is C[C@@]1(N2CCc3c(-c4cnc(N)nc4)nc(N4CCOCC4)nc32)CCN(C(=O)O)C1. The molecule has 3 aliphatic heterocycles. The molecule has 0 saturated carbocycles. The maximum atomic E-state index is 11.5. The van der Waals surface area contributed by atoms with Gasteiger partial charge in [0.25, 0.3) is 0 Å². The number of aromatic nitrogens is 4. The molecule has 3 aliphatic rings. The van der Waals surface area contributed by atoms with E-state index in [0.717, 1.165) is 55.1 Å². The molecule has 0 bridgehead atoms. The van der Waals surface area contributed by atoms with Gasteiger partial charge in [-0.2, -0.15) is 4.98 Å². The summed E-state index contributed by atoms with van der Waals surface area (Å²) in [6, 6.07) is 0. The highest BCUT2D eigenvalue weighted by Crippen LogP contribution is 2.41. The molecule has 11 nitrogen and oxygen atoms in total. The molecule has 0 aromatic carbocycles. The fourth-order valence-corrected chi connectivity index (χ4v) is 4.70. The highest BCUT2D eigenvalue weighted by atomic mass is 16.5. The summed E-state index contributed by atoms with van der Waals surface area (Å²) in [5.74, 6) is 1.74. The summed E-state index contributed by atoms with van der Waals surface area (Å²) in [5.41, 5.74) is 8.03. The zero-order valence-corrected chi connectivity index (χ0v) is 17.5. The summed E-state index contributed by atoms with van der Waals surface area (Å²) in [6.07, 6.45) is 4.05. The lowest BCUT2D eigenvalue weighted by molar-refractivity contribution is 0.122. The summed E-state index contributed by atoms with van der Waals surface area (Å²) in [7, 11) is 0. The Kier molecular flexibility index (Phi) is 4.77. The summed E-state index contributed by atoms with van der Waals surface area (Å²) in [5, 5.41) is 9.45. The van der Waals surface area contributed by atoms with E-state index < -0.39 is 6.09 Å². The van der Waals surface area contributed by atoms with Gasteiger partial charge in [0, 0.05) is 56.2 Å². The zero-order valence-electron chi connectivity index (χ0n) is 17.5. The van der Waals surface area contributed by atoms with E-state index in [4.69, 9.17) is 20.4 Å². The van der Waals surface area contributed by atoms with Gasteiger partial charge in [-0.05, 0) is 19.8 Å². The normalized spacial score (nSPS) is 23.3. The second-order valence-electron chi connectivity index (χ2n) is 8.46. The standard InChI is InChI=1S/C20H26N8O3/c1-20(3-5-27(12-20)19(29)30)28-4-2-14-15(13-10-22-17(21)23-11-13)24-18(25-16(14)28)26-6-8-31-9-7-26/h10-11H,2-9,12H2,1H3,(H,29,30)(H2,21,22,23)/t20-/m1/s1. The van der Waals surface area contributed by atoms with E-state index in [0.29, 0.717) is 32.3 Å². The molecule has 0 unspecified atom stereocenters. The molecule has 11 heteroatoms. The molecule has 2 aromatic heterocycles. The molecule has 5 heterocycles. The quantitative estimate of drug-likeness (QED) is 0.727. The number of rotatable bonds is 3. The van der Waals surface area contributed by atoms with Crippen LogP contribution in [0.15, 0.2) is 12.4 Å². The number of ether oxygens (including phenoxy) is 1. The van der Waals surface area contributed by atoms with Gasteiger partial charge >= 0.3 is 6.09 Å². The Bertz CT molecular complexity index is 995. The van der Waals surface area contributed by atoms with Gasteiger partial charge in [-0.15, -0.1) is 0 Å². The van der Waals surface area contributed by atoms with Crippen molar-refractivity contribution in [2.45, 2.75) is 25.3 Å². The lowest BCUT2D eigenvalue weighted by atomic mass is 9.99. The van der Waals surface area contributed by atoms with Crippen LogP contribution in [0.4, 0.5) is 22.5 Å². The molecule has 2 fully saturated rings. The first-order chi connectivity index (χ1) is 14.9. The molecule has 2 aromatic rings. The number of nitrogens with two attached hydrogens (primary N) is 1. The average Bonchev–Trinajstić information content (AvgIpc) is 3.39. The van der Waals surface area contributed by atoms with Gasteiger partial charge in [-0.1, -0.05) is 0 Å². The first kappa shape index (κ1) is 19.7. The van der Waals surface area contributed by atoms with Crippen molar-refractivity contribution in [2.75, 3.05) is 61.5 Å². The van der Waals surface area contributed by atoms with Crippen molar-refractivity contribution in [2.24, 2.45) is 0 Å². The molecule has 5 rings (SSSR count). The number of likely N-dealkylation sites (tertiary alicyclic amines) is 1. The van der Waals surface area contributed by atoms with Gasteiger partial charge in [-0.25, -0.2) is 19.7 Å². The van der Waals surface area contributed by atoms with Gasteiger partial charge in [-0.3, -0.25) is 0 Å². The largest absolute Gasteiger partial charge is 0.465 e. The summed E-state index contributed by atoms with van der Waals surface area (Å²) >= 11 is 0. The zero-order chi connectivity index (χ0) is 21.6. The van der Waals surface area contributed by atoms with Gasteiger partial charge < -0.3 is 30.3 Å². The molecule has 3 N–H and O–H groups in total. The number of amides is 1. The maximum Gasteiger partial charge on any atom is 0.407 e. The predicted octanol–water partition coefficient (Wildman–Crippen LogP) is 0.857. The van der Waals surface area contributed by atoms with Crippen LogP contribution < -0.4 is 15.5 Å². The average molecular weight is 426 g/mol. The van der Waals surface area contributed by atoms with Gasteiger partial charge in [0.2, 0.25) is 11.9 Å². The van der Waals surface area contributed by atoms with Crippen LogP contribution in [0.3, 0.4) is 0 Å². The fraction of sp³-hybridized carbons (Fsp3) is 0.550. The molecule has 1 amide bonds. The molecule has 164 valence electrons. The van der Waals surface area contributed by atoms with Crippen molar-refractivity contribution in [1.29, 1.82) is 0 Å². The Morgan fingerprint density at radius 1 is 1.16 bits per heavy atom. The van der Waals surface area contributed by atoms with Gasteiger partial charge in [0.15, 0.2) is 0 Å². The number of fused-ring (bicyclic) bond motifs is 1. The van der Waals surface area contributed by atoms with Crippen molar-refractivity contribution < 1.29 is 14.6 Å². The third kappa shape index (κ3) is 3.48. The molecular weight excluding hydrogens is 400 g/mol. The lowest BCUT2D eigenvalue weighted by Gasteiger charge is -2.37. The summed E-state index contributed by atoms with van der Waals surface area (Å²) in [4.78, 5) is 35.6. The molecular formula is C20H26N8O3. The minimum absolute atomic E-state index is 0.219. The molecule has 0 aliphatic carbocycles. The Balaban J connectivity index is 1.58. The van der Waals surface area contributed by atoms with Crippen molar-refractivity contribution >= 4 is 23.8 Å². The van der Waals surface area contributed by atoms with E-state index in [-0.39, 0.29) is 11.5 Å². The molecule has 0 spiro atoms. The number of nitrogens with zero attached hydrogens (tertiary/aromatic N) is 7. The summed E-state index contributed by atoms with van der Waals surface area (Å²) in [6.45, 7) is 6.58. The van der Waals surface area contributed by atoms with Crippen LogP contribution in [0, 0.1) is 0 Å². The third-order valence-electron chi connectivity index (χ3n) is 6.43. The first-order valence-corrected chi connectivity index (χ1v) is 10.5. The van der Waals surface area contributed by atoms with E-state index in [2.05, 4.69) is 26.7 Å². The smallest absolute Gasteiger partial charge is 0.407 e. The predicted molar refractivity (Wildman–Crippen MR) is 114 cm³/mol.